The SMILES string of the molecule is Cc1cc(F)cc(C(N)CC23CC4CC(CC(C4)C2)C3)c1. The second-order valence-corrected chi connectivity index (χ2v) is 8.29. The van der Waals surface area contributed by atoms with Crippen LogP contribution in [0.5, 0.6) is 0 Å². The zero-order valence-corrected chi connectivity index (χ0v) is 12.9. The molecule has 4 aliphatic rings. The molecule has 114 valence electrons. The van der Waals surface area contributed by atoms with Crippen LogP contribution < -0.4 is 5.73 Å². The monoisotopic (exact) mass is 287 g/mol. The molecule has 21 heavy (non-hydrogen) atoms. The molecule has 4 bridgehead atoms. The summed E-state index contributed by atoms with van der Waals surface area (Å²) < 4.78 is 13.6. The maximum absolute atomic E-state index is 13.6. The number of hydrogen-bond acceptors (Lipinski definition) is 1. The lowest BCUT2D eigenvalue weighted by atomic mass is 9.48. The van der Waals surface area contributed by atoms with Crippen LogP contribution >= 0.6 is 0 Å². The third-order valence-corrected chi connectivity index (χ3v) is 6.31. The highest BCUT2D eigenvalue weighted by Gasteiger charge is 2.51. The molecule has 0 amide bonds. The second kappa shape index (κ2) is 4.81. The average molecular weight is 287 g/mol. The van der Waals surface area contributed by atoms with Gasteiger partial charge in [0.2, 0.25) is 0 Å². The van der Waals surface area contributed by atoms with Gasteiger partial charge in [0.15, 0.2) is 0 Å². The van der Waals surface area contributed by atoms with E-state index in [-0.39, 0.29) is 11.9 Å². The lowest BCUT2D eigenvalue weighted by molar-refractivity contribution is -0.0605. The summed E-state index contributed by atoms with van der Waals surface area (Å²) in [5.74, 6) is 2.72. The normalized spacial score (nSPS) is 38.7. The van der Waals surface area contributed by atoms with Gasteiger partial charge >= 0.3 is 0 Å². The molecule has 1 atom stereocenters. The highest BCUT2D eigenvalue weighted by Crippen LogP contribution is 2.62. The predicted octanol–water partition coefficient (Wildman–Crippen LogP) is 4.74. The number of benzene rings is 1. The van der Waals surface area contributed by atoms with Crippen molar-refractivity contribution in [2.24, 2.45) is 28.9 Å². The van der Waals surface area contributed by atoms with Gasteiger partial charge in [-0.05, 0) is 98.3 Å². The van der Waals surface area contributed by atoms with Crippen molar-refractivity contribution in [2.75, 3.05) is 0 Å². The predicted molar refractivity (Wildman–Crippen MR) is 83.3 cm³/mol. The van der Waals surface area contributed by atoms with Crippen molar-refractivity contribution in [1.82, 2.24) is 0 Å². The molecule has 4 saturated carbocycles. The van der Waals surface area contributed by atoms with Crippen molar-refractivity contribution in [2.45, 2.75) is 57.9 Å². The van der Waals surface area contributed by atoms with E-state index in [2.05, 4.69) is 6.07 Å². The molecule has 1 aromatic rings. The minimum absolute atomic E-state index is 0.00403. The van der Waals surface area contributed by atoms with Crippen molar-refractivity contribution < 1.29 is 4.39 Å². The van der Waals surface area contributed by atoms with Gasteiger partial charge in [0.25, 0.3) is 0 Å². The fourth-order valence-corrected chi connectivity index (χ4v) is 6.10. The molecule has 0 spiro atoms. The Morgan fingerprint density at radius 1 is 1.10 bits per heavy atom. The Hall–Kier alpha value is -0.890. The Morgan fingerprint density at radius 3 is 2.19 bits per heavy atom. The van der Waals surface area contributed by atoms with E-state index < -0.39 is 0 Å². The Kier molecular flexibility index (Phi) is 3.15. The van der Waals surface area contributed by atoms with Gasteiger partial charge in [-0.15, -0.1) is 0 Å². The Morgan fingerprint density at radius 2 is 1.67 bits per heavy atom. The van der Waals surface area contributed by atoms with Crippen LogP contribution in [0.3, 0.4) is 0 Å². The highest BCUT2D eigenvalue weighted by molar-refractivity contribution is 5.26. The van der Waals surface area contributed by atoms with Crippen LogP contribution in [-0.4, -0.2) is 0 Å². The van der Waals surface area contributed by atoms with Gasteiger partial charge in [0, 0.05) is 6.04 Å². The van der Waals surface area contributed by atoms with E-state index in [4.69, 9.17) is 5.73 Å². The van der Waals surface area contributed by atoms with Crippen molar-refractivity contribution in [1.29, 1.82) is 0 Å². The summed E-state index contributed by atoms with van der Waals surface area (Å²) in [5.41, 5.74) is 8.92. The first-order chi connectivity index (χ1) is 10.0. The standard InChI is InChI=1S/C19H26FN/c1-12-2-16(7-17(20)3-12)18(21)11-19-8-13-4-14(9-19)6-15(5-13)10-19/h2-3,7,13-15,18H,4-6,8-11,21H2,1H3. The summed E-state index contributed by atoms with van der Waals surface area (Å²) in [6.45, 7) is 1.95. The van der Waals surface area contributed by atoms with Gasteiger partial charge in [0.05, 0.1) is 0 Å². The van der Waals surface area contributed by atoms with E-state index >= 15 is 0 Å². The molecule has 4 aliphatic carbocycles. The average Bonchev–Trinajstić information content (AvgIpc) is 2.35. The smallest absolute Gasteiger partial charge is 0.123 e. The number of hydrogen-bond donors (Lipinski definition) is 1. The van der Waals surface area contributed by atoms with Crippen LogP contribution in [-0.2, 0) is 0 Å². The molecular formula is C19H26FN. The Bertz CT molecular complexity index is 495. The van der Waals surface area contributed by atoms with E-state index in [9.17, 15) is 4.39 Å². The van der Waals surface area contributed by atoms with Crippen molar-refractivity contribution in [3.05, 3.63) is 35.1 Å². The molecular weight excluding hydrogens is 261 g/mol. The number of halogens is 1. The molecule has 0 aliphatic heterocycles. The molecule has 1 unspecified atom stereocenters. The molecule has 5 rings (SSSR count). The molecule has 0 heterocycles. The quantitative estimate of drug-likeness (QED) is 0.853. The summed E-state index contributed by atoms with van der Waals surface area (Å²) in [6.07, 6.45) is 9.58. The van der Waals surface area contributed by atoms with Crippen LogP contribution in [0.1, 0.15) is 62.1 Å². The summed E-state index contributed by atoms with van der Waals surface area (Å²) >= 11 is 0. The third-order valence-electron chi connectivity index (χ3n) is 6.31. The fourth-order valence-electron chi connectivity index (χ4n) is 6.10. The van der Waals surface area contributed by atoms with Crippen LogP contribution in [0.15, 0.2) is 18.2 Å². The van der Waals surface area contributed by atoms with Gasteiger partial charge in [-0.1, -0.05) is 6.07 Å². The summed E-state index contributed by atoms with van der Waals surface area (Å²) in [7, 11) is 0. The molecule has 0 saturated heterocycles. The summed E-state index contributed by atoms with van der Waals surface area (Å²) in [4.78, 5) is 0. The second-order valence-electron chi connectivity index (χ2n) is 8.29. The molecule has 1 aromatic carbocycles. The molecule has 4 fully saturated rings. The molecule has 0 radical (unpaired) electrons. The maximum Gasteiger partial charge on any atom is 0.123 e. The Balaban J connectivity index is 1.55. The van der Waals surface area contributed by atoms with Crippen LogP contribution in [0, 0.1) is 35.9 Å². The largest absolute Gasteiger partial charge is 0.324 e. The lowest BCUT2D eigenvalue weighted by Crippen LogP contribution is -2.47. The van der Waals surface area contributed by atoms with Gasteiger partial charge < -0.3 is 5.73 Å². The van der Waals surface area contributed by atoms with Crippen LogP contribution in [0.4, 0.5) is 4.39 Å². The van der Waals surface area contributed by atoms with Crippen LogP contribution in [0.25, 0.3) is 0 Å². The van der Waals surface area contributed by atoms with Gasteiger partial charge in [-0.3, -0.25) is 0 Å². The van der Waals surface area contributed by atoms with E-state index in [1.54, 1.807) is 12.1 Å². The van der Waals surface area contributed by atoms with E-state index in [1.165, 1.54) is 38.5 Å². The molecule has 2 N–H and O–H groups in total. The first kappa shape index (κ1) is 13.8. The van der Waals surface area contributed by atoms with Gasteiger partial charge in [-0.25, -0.2) is 4.39 Å². The summed E-state index contributed by atoms with van der Waals surface area (Å²) in [6, 6.07) is 5.28. The maximum atomic E-state index is 13.6. The van der Waals surface area contributed by atoms with E-state index in [0.717, 1.165) is 35.3 Å². The lowest BCUT2D eigenvalue weighted by Gasteiger charge is -2.57. The minimum atomic E-state index is -0.147. The number of nitrogens with two attached hydrogens (primary N) is 1. The first-order valence-electron chi connectivity index (χ1n) is 8.54. The highest BCUT2D eigenvalue weighted by atomic mass is 19.1. The molecule has 2 heteroatoms. The van der Waals surface area contributed by atoms with Gasteiger partial charge in [0.1, 0.15) is 5.82 Å². The van der Waals surface area contributed by atoms with Crippen molar-refractivity contribution in [3.63, 3.8) is 0 Å². The van der Waals surface area contributed by atoms with E-state index in [0.29, 0.717) is 5.41 Å². The molecule has 0 aromatic heterocycles. The molecule has 1 nitrogen and oxygen atoms in total. The fraction of sp³-hybridized carbons (Fsp3) is 0.684. The zero-order chi connectivity index (χ0) is 14.6. The Labute approximate surface area is 127 Å². The van der Waals surface area contributed by atoms with E-state index in [1.807, 2.05) is 6.92 Å². The summed E-state index contributed by atoms with van der Waals surface area (Å²) in [5, 5.41) is 0. The third kappa shape index (κ3) is 2.52. The zero-order valence-electron chi connectivity index (χ0n) is 12.9. The van der Waals surface area contributed by atoms with Gasteiger partial charge in [-0.2, -0.15) is 0 Å². The van der Waals surface area contributed by atoms with Crippen LogP contribution in [0.2, 0.25) is 0 Å². The number of aryl methyl sites for hydroxylation is 1. The topological polar surface area (TPSA) is 26.0 Å². The van der Waals surface area contributed by atoms with Crippen molar-refractivity contribution in [3.8, 4) is 0 Å². The minimum Gasteiger partial charge on any atom is -0.324 e. The first-order valence-corrected chi connectivity index (χ1v) is 8.54. The van der Waals surface area contributed by atoms with Crippen molar-refractivity contribution >= 4 is 0 Å². The number of rotatable bonds is 3.